The SMILES string of the molecule is CCCCc1cc(-c2cc(Oc3ccccc3)ccc2C(CC(C)(C)C)C(=O)OC)ccc1C. The third-order valence-corrected chi connectivity index (χ3v) is 6.14. The first-order valence-electron chi connectivity index (χ1n) is 12.3. The van der Waals surface area contributed by atoms with Crippen LogP contribution in [-0.4, -0.2) is 13.1 Å². The number of aryl methyl sites for hydroxylation is 2. The van der Waals surface area contributed by atoms with Gasteiger partial charge in [0.15, 0.2) is 0 Å². The molecule has 0 saturated heterocycles. The normalized spacial score (nSPS) is 12.3. The van der Waals surface area contributed by atoms with E-state index in [1.165, 1.54) is 18.2 Å². The number of benzene rings is 3. The van der Waals surface area contributed by atoms with E-state index in [4.69, 9.17) is 9.47 Å². The highest BCUT2D eigenvalue weighted by Gasteiger charge is 2.30. The van der Waals surface area contributed by atoms with Crippen LogP contribution in [0.15, 0.2) is 66.7 Å². The zero-order valence-electron chi connectivity index (χ0n) is 21.5. The minimum absolute atomic E-state index is 0.0328. The van der Waals surface area contributed by atoms with Crippen molar-refractivity contribution in [3.8, 4) is 22.6 Å². The minimum Gasteiger partial charge on any atom is -0.469 e. The van der Waals surface area contributed by atoms with Gasteiger partial charge < -0.3 is 9.47 Å². The second-order valence-electron chi connectivity index (χ2n) is 10.2. The van der Waals surface area contributed by atoms with Gasteiger partial charge in [0.25, 0.3) is 0 Å². The first kappa shape index (κ1) is 25.6. The van der Waals surface area contributed by atoms with Gasteiger partial charge >= 0.3 is 5.97 Å². The number of carbonyl (C=O) groups excluding carboxylic acids is 1. The number of hydrogen-bond acceptors (Lipinski definition) is 3. The van der Waals surface area contributed by atoms with Crippen LogP contribution < -0.4 is 4.74 Å². The number of carbonyl (C=O) groups is 1. The van der Waals surface area contributed by atoms with Crippen molar-refractivity contribution in [1.29, 1.82) is 0 Å². The summed E-state index contributed by atoms with van der Waals surface area (Å²) in [4.78, 5) is 13.0. The summed E-state index contributed by atoms with van der Waals surface area (Å²) in [6, 6.07) is 22.5. The molecule has 0 saturated carbocycles. The van der Waals surface area contributed by atoms with E-state index in [2.05, 4.69) is 58.9 Å². The topological polar surface area (TPSA) is 35.5 Å². The lowest BCUT2D eigenvalue weighted by Crippen LogP contribution is -2.21. The monoisotopic (exact) mass is 458 g/mol. The maximum Gasteiger partial charge on any atom is 0.313 e. The zero-order valence-corrected chi connectivity index (χ0v) is 21.5. The van der Waals surface area contributed by atoms with Crippen LogP contribution in [-0.2, 0) is 16.0 Å². The van der Waals surface area contributed by atoms with Crippen molar-refractivity contribution < 1.29 is 14.3 Å². The Balaban J connectivity index is 2.14. The minimum atomic E-state index is -0.355. The van der Waals surface area contributed by atoms with E-state index in [0.717, 1.165) is 47.5 Å². The Labute approximate surface area is 205 Å². The molecule has 3 nitrogen and oxygen atoms in total. The summed E-state index contributed by atoms with van der Waals surface area (Å²) in [6.07, 6.45) is 4.06. The van der Waals surface area contributed by atoms with E-state index < -0.39 is 0 Å². The van der Waals surface area contributed by atoms with E-state index >= 15 is 0 Å². The lowest BCUT2D eigenvalue weighted by atomic mass is 9.79. The van der Waals surface area contributed by atoms with Crippen LogP contribution in [0, 0.1) is 12.3 Å². The molecule has 3 heteroatoms. The van der Waals surface area contributed by atoms with Gasteiger partial charge in [-0.2, -0.15) is 0 Å². The fourth-order valence-corrected chi connectivity index (χ4v) is 4.33. The van der Waals surface area contributed by atoms with Crippen LogP contribution in [0.25, 0.3) is 11.1 Å². The molecule has 3 aromatic rings. The molecule has 0 amide bonds. The highest BCUT2D eigenvalue weighted by molar-refractivity contribution is 5.83. The molecule has 0 aliphatic rings. The standard InChI is InChI=1S/C31H38O3/c1-7-8-12-23-19-24(16-15-22(23)2)28-20-26(34-25-13-10-9-11-14-25)17-18-27(28)29(30(32)33-6)21-31(3,4)5/h9-11,13-20,29H,7-8,12,21H2,1-6H3. The van der Waals surface area contributed by atoms with Gasteiger partial charge in [0.2, 0.25) is 0 Å². The Kier molecular flexibility index (Phi) is 8.55. The lowest BCUT2D eigenvalue weighted by Gasteiger charge is -2.26. The molecule has 0 spiro atoms. The van der Waals surface area contributed by atoms with Crippen LogP contribution in [0.2, 0.25) is 0 Å². The summed E-state index contributed by atoms with van der Waals surface area (Å²) in [5, 5.41) is 0. The number of unbranched alkanes of at least 4 members (excludes halogenated alkanes) is 1. The van der Waals surface area contributed by atoms with Crippen molar-refractivity contribution in [3.05, 3.63) is 83.4 Å². The van der Waals surface area contributed by atoms with Crippen molar-refractivity contribution in [2.24, 2.45) is 5.41 Å². The zero-order chi connectivity index (χ0) is 24.7. The van der Waals surface area contributed by atoms with Gasteiger partial charge in [-0.3, -0.25) is 4.79 Å². The Hall–Kier alpha value is -3.07. The van der Waals surface area contributed by atoms with Crippen LogP contribution in [0.5, 0.6) is 11.5 Å². The van der Waals surface area contributed by atoms with Crippen molar-refractivity contribution in [2.45, 2.75) is 66.2 Å². The van der Waals surface area contributed by atoms with Gasteiger partial charge in [-0.15, -0.1) is 0 Å². The molecule has 0 aliphatic heterocycles. The summed E-state index contributed by atoms with van der Waals surface area (Å²) in [5.74, 6) is 0.977. The highest BCUT2D eigenvalue weighted by atomic mass is 16.5. The number of ether oxygens (including phenoxy) is 2. The van der Waals surface area contributed by atoms with Crippen molar-refractivity contribution in [1.82, 2.24) is 0 Å². The molecule has 0 bridgehead atoms. The Morgan fingerprint density at radius 2 is 1.68 bits per heavy atom. The third kappa shape index (κ3) is 6.72. The van der Waals surface area contributed by atoms with Gasteiger partial charge in [-0.25, -0.2) is 0 Å². The first-order valence-corrected chi connectivity index (χ1v) is 12.3. The molecule has 0 fully saturated rings. The summed E-state index contributed by atoms with van der Waals surface area (Å²) >= 11 is 0. The summed E-state index contributed by atoms with van der Waals surface area (Å²) in [6.45, 7) is 10.9. The van der Waals surface area contributed by atoms with E-state index in [1.807, 2.05) is 42.5 Å². The molecule has 3 aromatic carbocycles. The van der Waals surface area contributed by atoms with Crippen LogP contribution in [0.1, 0.15) is 69.6 Å². The molecule has 0 N–H and O–H groups in total. The molecule has 0 aromatic heterocycles. The lowest BCUT2D eigenvalue weighted by molar-refractivity contribution is -0.143. The molecule has 0 aliphatic carbocycles. The largest absolute Gasteiger partial charge is 0.469 e. The van der Waals surface area contributed by atoms with Crippen molar-refractivity contribution >= 4 is 5.97 Å². The smallest absolute Gasteiger partial charge is 0.313 e. The Morgan fingerprint density at radius 1 is 0.941 bits per heavy atom. The summed E-state index contributed by atoms with van der Waals surface area (Å²) in [7, 11) is 1.47. The Morgan fingerprint density at radius 3 is 2.32 bits per heavy atom. The summed E-state index contributed by atoms with van der Waals surface area (Å²) < 4.78 is 11.4. The van der Waals surface area contributed by atoms with E-state index in [9.17, 15) is 4.79 Å². The van der Waals surface area contributed by atoms with E-state index in [1.54, 1.807) is 0 Å². The molecule has 0 heterocycles. The van der Waals surface area contributed by atoms with Gasteiger partial charge in [0, 0.05) is 0 Å². The Bertz CT molecular complexity index is 1090. The van der Waals surface area contributed by atoms with E-state index in [-0.39, 0.29) is 17.3 Å². The maximum atomic E-state index is 13.0. The second kappa shape index (κ2) is 11.4. The van der Waals surface area contributed by atoms with Crippen LogP contribution in [0.3, 0.4) is 0 Å². The quantitative estimate of drug-likeness (QED) is 0.302. The van der Waals surface area contributed by atoms with E-state index in [0.29, 0.717) is 6.42 Å². The van der Waals surface area contributed by atoms with Crippen LogP contribution in [0.4, 0.5) is 0 Å². The number of para-hydroxylation sites is 1. The van der Waals surface area contributed by atoms with Crippen molar-refractivity contribution in [2.75, 3.05) is 7.11 Å². The second-order valence-corrected chi connectivity index (χ2v) is 10.2. The molecule has 3 rings (SSSR count). The predicted molar refractivity (Wildman–Crippen MR) is 141 cm³/mol. The molecule has 1 unspecified atom stereocenters. The molecule has 1 atom stereocenters. The average Bonchev–Trinajstić information content (AvgIpc) is 2.82. The van der Waals surface area contributed by atoms with Gasteiger partial charge in [0.1, 0.15) is 11.5 Å². The number of hydrogen-bond donors (Lipinski definition) is 0. The first-order chi connectivity index (χ1) is 16.2. The number of esters is 1. The molecular formula is C31H38O3. The van der Waals surface area contributed by atoms with Crippen molar-refractivity contribution in [3.63, 3.8) is 0 Å². The summed E-state index contributed by atoms with van der Waals surface area (Å²) in [5.41, 5.74) is 5.72. The fraction of sp³-hybridized carbons (Fsp3) is 0.387. The predicted octanol–water partition coefficient (Wildman–Crippen LogP) is 8.49. The molecular weight excluding hydrogens is 420 g/mol. The van der Waals surface area contributed by atoms with Gasteiger partial charge in [0.05, 0.1) is 13.0 Å². The van der Waals surface area contributed by atoms with Crippen LogP contribution >= 0.6 is 0 Å². The molecule has 0 radical (unpaired) electrons. The maximum absolute atomic E-state index is 13.0. The van der Waals surface area contributed by atoms with Gasteiger partial charge in [-0.1, -0.05) is 76.6 Å². The number of rotatable bonds is 9. The molecule has 34 heavy (non-hydrogen) atoms. The van der Waals surface area contributed by atoms with Gasteiger partial charge in [-0.05, 0) is 83.7 Å². The fourth-order valence-electron chi connectivity index (χ4n) is 4.33. The average molecular weight is 459 g/mol. The highest BCUT2D eigenvalue weighted by Crippen LogP contribution is 2.40. The molecule has 180 valence electrons. The number of methoxy groups -OCH3 is 1. The third-order valence-electron chi connectivity index (χ3n) is 6.14.